The predicted octanol–water partition coefficient (Wildman–Crippen LogP) is 6.45. The van der Waals surface area contributed by atoms with Gasteiger partial charge in [0, 0.05) is 18.9 Å². The van der Waals surface area contributed by atoms with E-state index in [1.54, 1.807) is 0 Å². The quantitative estimate of drug-likeness (QED) is 0.443. The second-order valence-corrected chi connectivity index (χ2v) is 9.43. The average molecular weight is 453 g/mol. The molecule has 2 aliphatic rings. The first-order chi connectivity index (χ1) is 16.0. The van der Waals surface area contributed by atoms with E-state index in [0.717, 1.165) is 17.7 Å². The highest BCUT2D eigenvalue weighted by Gasteiger charge is 2.42. The van der Waals surface area contributed by atoms with Crippen LogP contribution in [0.4, 0.5) is 0 Å². The van der Waals surface area contributed by atoms with Crippen LogP contribution < -0.4 is 14.2 Å². The first kappa shape index (κ1) is 23.5. The molecule has 2 aromatic carbocycles. The summed E-state index contributed by atoms with van der Waals surface area (Å²) in [6.07, 6.45) is 9.06. The van der Waals surface area contributed by atoms with E-state index in [9.17, 15) is 9.90 Å². The predicted molar refractivity (Wildman–Crippen MR) is 129 cm³/mol. The molecular weight excluding hydrogens is 416 g/mol. The number of carboxylic acids is 1. The molecule has 1 saturated carbocycles. The zero-order chi connectivity index (χ0) is 23.3. The molecule has 0 amide bonds. The van der Waals surface area contributed by atoms with Crippen LogP contribution in [-0.4, -0.2) is 29.9 Å². The summed E-state index contributed by atoms with van der Waals surface area (Å²) < 4.78 is 17.8. The fourth-order valence-electron chi connectivity index (χ4n) is 5.03. The zero-order valence-electron chi connectivity index (χ0n) is 19.9. The molecule has 2 aromatic rings. The van der Waals surface area contributed by atoms with Gasteiger partial charge in [0.05, 0.1) is 13.2 Å². The Balaban J connectivity index is 1.25. The molecule has 178 valence electrons. The normalized spacial score (nSPS) is 20.5. The minimum Gasteiger partial charge on any atom is -0.493 e. The average Bonchev–Trinajstić information content (AvgIpc) is 2.84. The molecule has 0 saturated heterocycles. The summed E-state index contributed by atoms with van der Waals surface area (Å²) in [5, 5.41) is 9.61. The Bertz CT molecular complexity index is 963. The highest BCUT2D eigenvalue weighted by molar-refractivity contribution is 5.78. The molecule has 0 spiro atoms. The second kappa shape index (κ2) is 10.5. The molecule has 1 atom stereocenters. The first-order valence-electron chi connectivity index (χ1n) is 12.4. The highest BCUT2D eigenvalue weighted by atomic mass is 16.5. The Kier molecular flexibility index (Phi) is 7.46. The van der Waals surface area contributed by atoms with Gasteiger partial charge in [0.2, 0.25) is 5.60 Å². The van der Waals surface area contributed by atoms with Gasteiger partial charge in [-0.3, -0.25) is 0 Å². The summed E-state index contributed by atoms with van der Waals surface area (Å²) in [6, 6.07) is 12.4. The van der Waals surface area contributed by atoms with Crippen LogP contribution in [0.5, 0.6) is 17.2 Å². The molecule has 1 heterocycles. The minimum atomic E-state index is -1.14. The van der Waals surface area contributed by atoms with Crippen molar-refractivity contribution in [1.82, 2.24) is 0 Å². The van der Waals surface area contributed by atoms with Crippen molar-refractivity contribution < 1.29 is 24.1 Å². The summed E-state index contributed by atoms with van der Waals surface area (Å²) >= 11 is 0. The maximum absolute atomic E-state index is 11.7. The summed E-state index contributed by atoms with van der Waals surface area (Å²) in [5.41, 5.74) is 2.54. The lowest BCUT2D eigenvalue weighted by Crippen LogP contribution is -2.46. The number of aryl methyl sites for hydroxylation is 2. The Morgan fingerprint density at radius 1 is 1.09 bits per heavy atom. The van der Waals surface area contributed by atoms with Gasteiger partial charge in [0.15, 0.2) is 0 Å². The second-order valence-electron chi connectivity index (χ2n) is 9.43. The third-order valence-electron chi connectivity index (χ3n) is 7.19. The SMILES string of the molecule is CCC1(C(=O)O)CCc2ccc(OCCCOc3ccc(C4CCCCC4)cc3C)cc2O1. The van der Waals surface area contributed by atoms with Crippen molar-refractivity contribution in [3.8, 4) is 17.2 Å². The van der Waals surface area contributed by atoms with Gasteiger partial charge >= 0.3 is 5.97 Å². The van der Waals surface area contributed by atoms with Crippen molar-refractivity contribution in [3.05, 3.63) is 53.1 Å². The summed E-state index contributed by atoms with van der Waals surface area (Å²) in [5.74, 6) is 2.06. The molecule has 1 fully saturated rings. The standard InChI is InChI=1S/C28H36O5/c1-3-28(27(29)30)15-14-22-10-12-24(19-26(22)33-28)31-16-7-17-32-25-13-11-23(18-20(25)2)21-8-5-4-6-9-21/h10-13,18-19,21H,3-9,14-17H2,1-2H3,(H,29,30). The van der Waals surface area contributed by atoms with E-state index in [-0.39, 0.29) is 0 Å². The van der Waals surface area contributed by atoms with Gasteiger partial charge in [-0.15, -0.1) is 0 Å². The van der Waals surface area contributed by atoms with Gasteiger partial charge in [-0.1, -0.05) is 44.4 Å². The van der Waals surface area contributed by atoms with E-state index < -0.39 is 11.6 Å². The van der Waals surface area contributed by atoms with Crippen LogP contribution in [0.15, 0.2) is 36.4 Å². The number of carbonyl (C=O) groups is 1. The van der Waals surface area contributed by atoms with Crippen LogP contribution in [0.1, 0.15) is 80.9 Å². The Labute approximate surface area is 197 Å². The van der Waals surface area contributed by atoms with E-state index in [1.807, 2.05) is 25.1 Å². The van der Waals surface area contributed by atoms with Gasteiger partial charge in [-0.05, 0) is 67.3 Å². The number of fused-ring (bicyclic) bond motifs is 1. The van der Waals surface area contributed by atoms with Crippen molar-refractivity contribution in [2.75, 3.05) is 13.2 Å². The molecule has 0 aromatic heterocycles. The highest BCUT2D eigenvalue weighted by Crippen LogP contribution is 2.38. The molecule has 4 rings (SSSR count). The third kappa shape index (κ3) is 5.45. The van der Waals surface area contributed by atoms with Crippen molar-refractivity contribution in [2.45, 2.75) is 83.2 Å². The van der Waals surface area contributed by atoms with E-state index in [2.05, 4.69) is 25.1 Å². The number of benzene rings is 2. The first-order valence-corrected chi connectivity index (χ1v) is 12.4. The zero-order valence-corrected chi connectivity index (χ0v) is 19.9. The molecule has 0 radical (unpaired) electrons. The van der Waals surface area contributed by atoms with E-state index in [1.165, 1.54) is 43.2 Å². The maximum Gasteiger partial charge on any atom is 0.348 e. The van der Waals surface area contributed by atoms with Gasteiger partial charge in [0.1, 0.15) is 17.2 Å². The van der Waals surface area contributed by atoms with Gasteiger partial charge in [0.25, 0.3) is 0 Å². The molecular formula is C28H36O5. The Hall–Kier alpha value is -2.69. The van der Waals surface area contributed by atoms with Crippen molar-refractivity contribution in [2.24, 2.45) is 0 Å². The lowest BCUT2D eigenvalue weighted by Gasteiger charge is -2.34. The fourth-order valence-corrected chi connectivity index (χ4v) is 5.03. The van der Waals surface area contributed by atoms with Crippen molar-refractivity contribution in [3.63, 3.8) is 0 Å². The van der Waals surface area contributed by atoms with Crippen molar-refractivity contribution in [1.29, 1.82) is 0 Å². The summed E-state index contributed by atoms with van der Waals surface area (Å²) in [4.78, 5) is 11.7. The van der Waals surface area contributed by atoms with Gasteiger partial charge in [-0.25, -0.2) is 4.79 Å². The number of rotatable bonds is 9. The number of carboxylic acid groups (broad SMARTS) is 1. The van der Waals surface area contributed by atoms with E-state index >= 15 is 0 Å². The van der Waals surface area contributed by atoms with Crippen LogP contribution in [0.25, 0.3) is 0 Å². The fraction of sp³-hybridized carbons (Fsp3) is 0.536. The number of hydrogen-bond acceptors (Lipinski definition) is 4. The van der Waals surface area contributed by atoms with Crippen LogP contribution >= 0.6 is 0 Å². The van der Waals surface area contributed by atoms with Crippen LogP contribution in [0.2, 0.25) is 0 Å². The third-order valence-corrected chi connectivity index (χ3v) is 7.19. The molecule has 5 heteroatoms. The number of hydrogen-bond donors (Lipinski definition) is 1. The molecule has 1 aliphatic carbocycles. The van der Waals surface area contributed by atoms with E-state index in [0.29, 0.717) is 49.9 Å². The molecule has 1 N–H and O–H groups in total. The van der Waals surface area contributed by atoms with Gasteiger partial charge < -0.3 is 19.3 Å². The number of aliphatic carboxylic acids is 1. The van der Waals surface area contributed by atoms with Crippen LogP contribution in [0, 0.1) is 6.92 Å². The topological polar surface area (TPSA) is 65.0 Å². The summed E-state index contributed by atoms with van der Waals surface area (Å²) in [7, 11) is 0. The van der Waals surface area contributed by atoms with E-state index in [4.69, 9.17) is 14.2 Å². The lowest BCUT2D eigenvalue weighted by molar-refractivity contribution is -0.157. The summed E-state index contributed by atoms with van der Waals surface area (Å²) in [6.45, 7) is 5.09. The Morgan fingerprint density at radius 3 is 2.61 bits per heavy atom. The smallest absolute Gasteiger partial charge is 0.348 e. The number of ether oxygens (including phenoxy) is 3. The van der Waals surface area contributed by atoms with Crippen molar-refractivity contribution >= 4 is 5.97 Å². The minimum absolute atomic E-state index is 0.436. The molecule has 33 heavy (non-hydrogen) atoms. The van der Waals surface area contributed by atoms with Crippen LogP contribution in [-0.2, 0) is 11.2 Å². The Morgan fingerprint density at radius 2 is 1.88 bits per heavy atom. The van der Waals surface area contributed by atoms with Gasteiger partial charge in [-0.2, -0.15) is 0 Å². The molecule has 1 unspecified atom stereocenters. The maximum atomic E-state index is 11.7. The molecule has 5 nitrogen and oxygen atoms in total. The van der Waals surface area contributed by atoms with Crippen LogP contribution in [0.3, 0.4) is 0 Å². The molecule has 1 aliphatic heterocycles. The largest absolute Gasteiger partial charge is 0.493 e. The molecule has 0 bridgehead atoms. The lowest BCUT2D eigenvalue weighted by atomic mass is 9.83. The monoisotopic (exact) mass is 452 g/mol.